The number of rotatable bonds is 4. The molecular formula is C11H11BrO. The van der Waals surface area contributed by atoms with Gasteiger partial charge in [0.15, 0.2) is 5.78 Å². The first-order chi connectivity index (χ1) is 6.20. The Morgan fingerprint density at radius 1 is 1.23 bits per heavy atom. The normalized spacial score (nSPS) is 9.62. The van der Waals surface area contributed by atoms with E-state index >= 15 is 0 Å². The van der Waals surface area contributed by atoms with Crippen LogP contribution >= 0.6 is 15.9 Å². The molecule has 0 aromatic heterocycles. The van der Waals surface area contributed by atoms with Crippen LogP contribution in [-0.2, 0) is 0 Å². The molecule has 0 aliphatic rings. The minimum atomic E-state index is 0.168. The summed E-state index contributed by atoms with van der Waals surface area (Å²) in [7, 11) is 0. The van der Waals surface area contributed by atoms with Crippen LogP contribution in [0.2, 0.25) is 0 Å². The highest BCUT2D eigenvalue weighted by molar-refractivity contribution is 9.11. The van der Waals surface area contributed by atoms with E-state index in [0.29, 0.717) is 12.8 Å². The highest BCUT2D eigenvalue weighted by Gasteiger charge is 2.03. The van der Waals surface area contributed by atoms with Crippen molar-refractivity contribution < 1.29 is 4.79 Å². The number of allylic oxidation sites excluding steroid dienone is 1. The van der Waals surface area contributed by atoms with Crippen LogP contribution in [0.1, 0.15) is 23.2 Å². The Hall–Kier alpha value is -0.890. The molecule has 1 aromatic rings. The van der Waals surface area contributed by atoms with Crippen molar-refractivity contribution in [3.63, 3.8) is 0 Å². The lowest BCUT2D eigenvalue weighted by atomic mass is 10.1. The van der Waals surface area contributed by atoms with Crippen LogP contribution < -0.4 is 0 Å². The van der Waals surface area contributed by atoms with Gasteiger partial charge in [-0.2, -0.15) is 0 Å². The van der Waals surface area contributed by atoms with Crippen LogP contribution in [0.5, 0.6) is 0 Å². The zero-order chi connectivity index (χ0) is 9.68. The van der Waals surface area contributed by atoms with Gasteiger partial charge in [0, 0.05) is 12.0 Å². The van der Waals surface area contributed by atoms with E-state index in [9.17, 15) is 4.79 Å². The third-order valence-electron chi connectivity index (χ3n) is 1.72. The molecule has 0 saturated heterocycles. The van der Waals surface area contributed by atoms with Crippen LogP contribution in [0, 0.1) is 0 Å². The summed E-state index contributed by atoms with van der Waals surface area (Å²) in [6, 6.07) is 9.31. The van der Waals surface area contributed by atoms with Crippen LogP contribution in [0.15, 0.2) is 41.4 Å². The van der Waals surface area contributed by atoms with E-state index in [4.69, 9.17) is 0 Å². The van der Waals surface area contributed by atoms with Crippen molar-refractivity contribution in [1.29, 1.82) is 0 Å². The van der Waals surface area contributed by atoms with Crippen molar-refractivity contribution in [1.82, 2.24) is 0 Å². The first kappa shape index (κ1) is 10.2. The van der Waals surface area contributed by atoms with Crippen LogP contribution in [0.25, 0.3) is 0 Å². The SMILES string of the molecule is C=C(Br)CCC(=O)c1ccccc1. The van der Waals surface area contributed by atoms with Gasteiger partial charge in [0.2, 0.25) is 0 Å². The van der Waals surface area contributed by atoms with Gasteiger partial charge in [-0.15, -0.1) is 0 Å². The number of carbonyl (C=O) groups excluding carboxylic acids is 1. The average Bonchev–Trinajstić information content (AvgIpc) is 2.15. The quantitative estimate of drug-likeness (QED) is 0.734. The summed E-state index contributed by atoms with van der Waals surface area (Å²) in [6.45, 7) is 3.69. The van der Waals surface area contributed by atoms with Gasteiger partial charge in [0.05, 0.1) is 0 Å². The molecule has 1 nitrogen and oxygen atoms in total. The van der Waals surface area contributed by atoms with Crippen molar-refractivity contribution in [2.24, 2.45) is 0 Å². The molecule has 1 aromatic carbocycles. The zero-order valence-electron chi connectivity index (χ0n) is 7.29. The molecule has 0 fully saturated rings. The lowest BCUT2D eigenvalue weighted by Gasteiger charge is -1.98. The molecule has 0 N–H and O–H groups in total. The van der Waals surface area contributed by atoms with Crippen LogP contribution in [0.4, 0.5) is 0 Å². The predicted octanol–water partition coefficient (Wildman–Crippen LogP) is 3.56. The second kappa shape index (κ2) is 4.97. The summed E-state index contributed by atoms with van der Waals surface area (Å²) in [5, 5.41) is 0. The number of halogens is 1. The van der Waals surface area contributed by atoms with E-state index in [1.165, 1.54) is 0 Å². The topological polar surface area (TPSA) is 17.1 Å². The molecule has 0 aliphatic carbocycles. The fraction of sp³-hybridized carbons (Fsp3) is 0.182. The molecule has 0 heterocycles. The Balaban J connectivity index is 2.54. The van der Waals surface area contributed by atoms with Gasteiger partial charge in [-0.05, 0) is 10.9 Å². The molecule has 0 spiro atoms. The lowest BCUT2D eigenvalue weighted by molar-refractivity contribution is 0.0983. The minimum absolute atomic E-state index is 0.168. The molecule has 0 atom stereocenters. The molecule has 0 unspecified atom stereocenters. The summed E-state index contributed by atoms with van der Waals surface area (Å²) >= 11 is 3.23. The number of ketones is 1. The molecule has 1 rings (SSSR count). The number of benzene rings is 1. The summed E-state index contributed by atoms with van der Waals surface area (Å²) in [5.74, 6) is 0.168. The van der Waals surface area contributed by atoms with Crippen molar-refractivity contribution in [2.75, 3.05) is 0 Å². The van der Waals surface area contributed by atoms with Gasteiger partial charge in [-0.25, -0.2) is 0 Å². The predicted molar refractivity (Wildman–Crippen MR) is 58.1 cm³/mol. The smallest absolute Gasteiger partial charge is 0.163 e. The molecule has 2 heteroatoms. The third-order valence-corrected chi connectivity index (χ3v) is 2.12. The molecule has 0 amide bonds. The number of carbonyl (C=O) groups is 1. The van der Waals surface area contributed by atoms with Crippen molar-refractivity contribution >= 4 is 21.7 Å². The zero-order valence-corrected chi connectivity index (χ0v) is 8.88. The Labute approximate surface area is 86.6 Å². The lowest BCUT2D eigenvalue weighted by Crippen LogP contribution is -1.97. The Morgan fingerprint density at radius 3 is 2.38 bits per heavy atom. The fourth-order valence-electron chi connectivity index (χ4n) is 1.02. The maximum absolute atomic E-state index is 11.5. The maximum atomic E-state index is 11.5. The van der Waals surface area contributed by atoms with Crippen molar-refractivity contribution in [3.05, 3.63) is 47.0 Å². The fourth-order valence-corrected chi connectivity index (χ4v) is 1.22. The van der Waals surface area contributed by atoms with Gasteiger partial charge < -0.3 is 0 Å². The van der Waals surface area contributed by atoms with Crippen molar-refractivity contribution in [2.45, 2.75) is 12.8 Å². The molecule has 13 heavy (non-hydrogen) atoms. The van der Waals surface area contributed by atoms with E-state index < -0.39 is 0 Å². The minimum Gasteiger partial charge on any atom is -0.294 e. The summed E-state index contributed by atoms with van der Waals surface area (Å²) < 4.78 is 0.872. The van der Waals surface area contributed by atoms with Crippen molar-refractivity contribution in [3.8, 4) is 0 Å². The average molecular weight is 239 g/mol. The number of Topliss-reactive ketones (excluding diaryl/α,β-unsaturated/α-hetero) is 1. The number of hydrogen-bond donors (Lipinski definition) is 0. The molecule has 0 radical (unpaired) electrons. The van der Waals surface area contributed by atoms with E-state index in [1.807, 2.05) is 30.3 Å². The van der Waals surface area contributed by atoms with Gasteiger partial charge >= 0.3 is 0 Å². The van der Waals surface area contributed by atoms with E-state index in [0.717, 1.165) is 10.0 Å². The standard InChI is InChI=1S/C11H11BrO/c1-9(12)7-8-11(13)10-5-3-2-4-6-10/h2-6H,1,7-8H2. The first-order valence-corrected chi connectivity index (χ1v) is 4.91. The second-order valence-corrected chi connectivity index (χ2v) is 3.93. The Bertz CT molecular complexity index is 303. The molecule has 0 aliphatic heterocycles. The highest BCUT2D eigenvalue weighted by Crippen LogP contribution is 2.12. The van der Waals surface area contributed by atoms with Gasteiger partial charge in [0.25, 0.3) is 0 Å². The van der Waals surface area contributed by atoms with Crippen LogP contribution in [-0.4, -0.2) is 5.78 Å². The summed E-state index contributed by atoms with van der Waals surface area (Å²) in [6.07, 6.45) is 1.22. The number of hydrogen-bond acceptors (Lipinski definition) is 1. The molecule has 68 valence electrons. The Morgan fingerprint density at radius 2 is 1.85 bits per heavy atom. The third kappa shape index (κ3) is 3.55. The Kier molecular flexibility index (Phi) is 3.90. The van der Waals surface area contributed by atoms with Gasteiger partial charge in [-0.3, -0.25) is 4.79 Å². The van der Waals surface area contributed by atoms with E-state index in [1.54, 1.807) is 0 Å². The first-order valence-electron chi connectivity index (χ1n) is 4.11. The van der Waals surface area contributed by atoms with Gasteiger partial charge in [-0.1, -0.05) is 52.8 Å². The highest BCUT2D eigenvalue weighted by atomic mass is 79.9. The van der Waals surface area contributed by atoms with E-state index in [-0.39, 0.29) is 5.78 Å². The van der Waals surface area contributed by atoms with Crippen LogP contribution in [0.3, 0.4) is 0 Å². The maximum Gasteiger partial charge on any atom is 0.163 e. The molecular weight excluding hydrogens is 228 g/mol. The summed E-state index contributed by atoms with van der Waals surface area (Å²) in [4.78, 5) is 11.5. The molecule has 0 saturated carbocycles. The second-order valence-electron chi connectivity index (χ2n) is 2.81. The monoisotopic (exact) mass is 238 g/mol. The molecule has 0 bridgehead atoms. The van der Waals surface area contributed by atoms with Gasteiger partial charge in [0.1, 0.15) is 0 Å². The van der Waals surface area contributed by atoms with E-state index in [2.05, 4.69) is 22.5 Å². The summed E-state index contributed by atoms with van der Waals surface area (Å²) in [5.41, 5.74) is 0.774. The largest absolute Gasteiger partial charge is 0.294 e.